The molecule has 2 aliphatic heterocycles. The van der Waals surface area contributed by atoms with Crippen LogP contribution < -0.4 is 5.32 Å². The molecule has 5 heteroatoms. The number of hydrogen-bond acceptors (Lipinski definition) is 4. The van der Waals surface area contributed by atoms with Crippen LogP contribution in [0.4, 0.5) is 0 Å². The third-order valence-corrected chi connectivity index (χ3v) is 4.20. The molecule has 0 aromatic carbocycles. The van der Waals surface area contributed by atoms with E-state index in [0.717, 1.165) is 50.6 Å². The van der Waals surface area contributed by atoms with Crippen LogP contribution in [0.1, 0.15) is 26.2 Å². The molecule has 0 aromatic heterocycles. The lowest BCUT2D eigenvalue weighted by atomic mass is 10.1. The van der Waals surface area contributed by atoms with Gasteiger partial charge in [-0.3, -0.25) is 10.1 Å². The van der Waals surface area contributed by atoms with E-state index < -0.39 is 0 Å². The van der Waals surface area contributed by atoms with Gasteiger partial charge in [-0.05, 0) is 19.3 Å². The predicted molar refractivity (Wildman–Crippen MR) is 70.1 cm³/mol. The number of carbonyl (C=O) groups excluding carboxylic acids is 1. The Labute approximate surface area is 107 Å². The Hall–Kier alpha value is -0.260. The molecule has 98 valence electrons. The summed E-state index contributed by atoms with van der Waals surface area (Å²) in [5, 5.41) is 3.24. The topological polar surface area (TPSA) is 41.6 Å². The number of amides is 1. The fraction of sp³-hybridized carbons (Fsp3) is 0.917. The lowest BCUT2D eigenvalue weighted by molar-refractivity contribution is -0.136. The zero-order valence-corrected chi connectivity index (χ0v) is 11.3. The van der Waals surface area contributed by atoms with Crippen molar-refractivity contribution in [1.82, 2.24) is 10.2 Å². The van der Waals surface area contributed by atoms with E-state index in [2.05, 4.69) is 12.2 Å². The van der Waals surface area contributed by atoms with Crippen molar-refractivity contribution in [2.75, 3.05) is 31.3 Å². The number of ether oxygens (including phenoxy) is 1. The summed E-state index contributed by atoms with van der Waals surface area (Å²) in [4.78, 5) is 14.2. The van der Waals surface area contributed by atoms with Crippen LogP contribution in [0.3, 0.4) is 0 Å². The van der Waals surface area contributed by atoms with Crippen molar-refractivity contribution in [2.45, 2.75) is 38.3 Å². The third kappa shape index (κ3) is 3.60. The molecular formula is C12H22N2O2S. The normalized spacial score (nSPS) is 29.6. The first-order valence-corrected chi connectivity index (χ1v) is 7.68. The number of rotatable bonds is 4. The average molecular weight is 258 g/mol. The Balaban J connectivity index is 1.81. The van der Waals surface area contributed by atoms with Gasteiger partial charge in [-0.25, -0.2) is 0 Å². The number of nitrogens with one attached hydrogen (secondary N) is 1. The molecule has 0 radical (unpaired) electrons. The summed E-state index contributed by atoms with van der Waals surface area (Å²) in [5.74, 6) is 2.08. The van der Waals surface area contributed by atoms with Crippen molar-refractivity contribution < 1.29 is 9.53 Å². The van der Waals surface area contributed by atoms with Gasteiger partial charge in [-0.15, -0.1) is 11.8 Å². The van der Waals surface area contributed by atoms with E-state index in [-0.39, 0.29) is 18.1 Å². The van der Waals surface area contributed by atoms with Gasteiger partial charge in [0, 0.05) is 31.3 Å². The van der Waals surface area contributed by atoms with Gasteiger partial charge < -0.3 is 9.64 Å². The fourth-order valence-corrected chi connectivity index (χ4v) is 3.27. The van der Waals surface area contributed by atoms with Crippen LogP contribution in [0.15, 0.2) is 0 Å². The summed E-state index contributed by atoms with van der Waals surface area (Å²) < 4.78 is 5.76. The Morgan fingerprint density at radius 3 is 3.18 bits per heavy atom. The van der Waals surface area contributed by atoms with E-state index in [1.54, 1.807) is 11.8 Å². The third-order valence-electron chi connectivity index (χ3n) is 3.26. The fourth-order valence-electron chi connectivity index (χ4n) is 2.33. The summed E-state index contributed by atoms with van der Waals surface area (Å²) in [6.45, 7) is 4.60. The van der Waals surface area contributed by atoms with Gasteiger partial charge in [0.25, 0.3) is 0 Å². The molecule has 1 N–H and O–H groups in total. The molecule has 2 heterocycles. The largest absolute Gasteiger partial charge is 0.376 e. The SMILES string of the molecule is CCCOC1CCCN(C(=O)C2CSCN2)C1. The van der Waals surface area contributed by atoms with Crippen molar-refractivity contribution in [3.8, 4) is 0 Å². The minimum Gasteiger partial charge on any atom is -0.376 e. The lowest BCUT2D eigenvalue weighted by Crippen LogP contribution is -2.50. The van der Waals surface area contributed by atoms with E-state index in [1.165, 1.54) is 0 Å². The summed E-state index contributed by atoms with van der Waals surface area (Å²) in [6, 6.07) is 0.0323. The summed E-state index contributed by atoms with van der Waals surface area (Å²) in [6.07, 6.45) is 3.46. The second kappa shape index (κ2) is 6.61. The number of carbonyl (C=O) groups is 1. The second-order valence-corrected chi connectivity index (χ2v) is 5.72. The Kier molecular flexibility index (Phi) is 5.13. The molecule has 2 aliphatic rings. The molecule has 1 amide bonds. The molecule has 0 saturated carbocycles. The highest BCUT2D eigenvalue weighted by atomic mass is 32.2. The van der Waals surface area contributed by atoms with Crippen LogP contribution in [0, 0.1) is 0 Å². The minimum absolute atomic E-state index is 0.0323. The van der Waals surface area contributed by atoms with Crippen LogP contribution in [0.5, 0.6) is 0 Å². The second-order valence-electron chi connectivity index (χ2n) is 4.69. The van der Waals surface area contributed by atoms with Gasteiger partial charge in [0.1, 0.15) is 0 Å². The molecule has 0 spiro atoms. The Bertz CT molecular complexity index is 257. The molecular weight excluding hydrogens is 236 g/mol. The van der Waals surface area contributed by atoms with Crippen LogP contribution >= 0.6 is 11.8 Å². The predicted octanol–water partition coefficient (Wildman–Crippen LogP) is 1.07. The van der Waals surface area contributed by atoms with E-state index in [4.69, 9.17) is 4.74 Å². The van der Waals surface area contributed by atoms with Crippen LogP contribution in [-0.4, -0.2) is 54.3 Å². The van der Waals surface area contributed by atoms with Crippen molar-refractivity contribution in [3.05, 3.63) is 0 Å². The Morgan fingerprint density at radius 1 is 1.59 bits per heavy atom. The summed E-state index contributed by atoms with van der Waals surface area (Å²) in [5.41, 5.74) is 0. The number of nitrogens with zero attached hydrogens (tertiary/aromatic N) is 1. The smallest absolute Gasteiger partial charge is 0.240 e. The lowest BCUT2D eigenvalue weighted by Gasteiger charge is -2.34. The van der Waals surface area contributed by atoms with Crippen molar-refractivity contribution in [2.24, 2.45) is 0 Å². The van der Waals surface area contributed by atoms with Gasteiger partial charge >= 0.3 is 0 Å². The van der Waals surface area contributed by atoms with Gasteiger partial charge in [-0.2, -0.15) is 0 Å². The summed E-state index contributed by atoms with van der Waals surface area (Å²) >= 11 is 1.80. The number of likely N-dealkylation sites (tertiary alicyclic amines) is 1. The van der Waals surface area contributed by atoms with Crippen molar-refractivity contribution in [3.63, 3.8) is 0 Å². The number of hydrogen-bond donors (Lipinski definition) is 1. The molecule has 17 heavy (non-hydrogen) atoms. The zero-order chi connectivity index (χ0) is 12.1. The quantitative estimate of drug-likeness (QED) is 0.819. The molecule has 0 aromatic rings. The standard InChI is InChI=1S/C12H22N2O2S/c1-2-6-16-10-4-3-5-14(7-10)12(15)11-8-17-9-13-11/h10-11,13H,2-9H2,1H3. The molecule has 2 fully saturated rings. The maximum atomic E-state index is 12.2. The molecule has 0 bridgehead atoms. The minimum atomic E-state index is 0.0323. The first-order valence-electron chi connectivity index (χ1n) is 6.52. The van der Waals surface area contributed by atoms with E-state index in [9.17, 15) is 4.79 Å². The maximum absolute atomic E-state index is 12.2. The van der Waals surface area contributed by atoms with Crippen LogP contribution in [-0.2, 0) is 9.53 Å². The molecule has 2 saturated heterocycles. The molecule has 4 nitrogen and oxygen atoms in total. The van der Waals surface area contributed by atoms with Crippen LogP contribution in [0.2, 0.25) is 0 Å². The van der Waals surface area contributed by atoms with E-state index in [0.29, 0.717) is 0 Å². The average Bonchev–Trinajstić information content (AvgIpc) is 2.89. The number of thioether (sulfide) groups is 1. The highest BCUT2D eigenvalue weighted by molar-refractivity contribution is 7.99. The first-order chi connectivity index (χ1) is 8.31. The zero-order valence-electron chi connectivity index (χ0n) is 10.5. The molecule has 2 rings (SSSR count). The molecule has 2 atom stereocenters. The van der Waals surface area contributed by atoms with Crippen molar-refractivity contribution in [1.29, 1.82) is 0 Å². The van der Waals surface area contributed by atoms with Gasteiger partial charge in [0.2, 0.25) is 5.91 Å². The van der Waals surface area contributed by atoms with E-state index in [1.807, 2.05) is 4.90 Å². The highest BCUT2D eigenvalue weighted by Gasteiger charge is 2.30. The van der Waals surface area contributed by atoms with Gasteiger partial charge in [0.15, 0.2) is 0 Å². The molecule has 2 unspecified atom stereocenters. The maximum Gasteiger partial charge on any atom is 0.240 e. The first kappa shape index (κ1) is 13.2. The Morgan fingerprint density at radius 2 is 2.47 bits per heavy atom. The van der Waals surface area contributed by atoms with Crippen molar-refractivity contribution >= 4 is 17.7 Å². The summed E-state index contributed by atoms with van der Waals surface area (Å²) in [7, 11) is 0. The van der Waals surface area contributed by atoms with E-state index >= 15 is 0 Å². The van der Waals surface area contributed by atoms with Crippen LogP contribution in [0.25, 0.3) is 0 Å². The number of piperidine rings is 1. The highest BCUT2D eigenvalue weighted by Crippen LogP contribution is 2.17. The van der Waals surface area contributed by atoms with Gasteiger partial charge in [-0.1, -0.05) is 6.92 Å². The van der Waals surface area contributed by atoms with Gasteiger partial charge in [0.05, 0.1) is 12.1 Å². The molecule has 0 aliphatic carbocycles. The monoisotopic (exact) mass is 258 g/mol.